The summed E-state index contributed by atoms with van der Waals surface area (Å²) in [4.78, 5) is 0. The lowest BCUT2D eigenvalue weighted by Crippen LogP contribution is -1.98. The fourth-order valence-corrected chi connectivity index (χ4v) is 2.28. The van der Waals surface area contributed by atoms with Gasteiger partial charge in [0.05, 0.1) is 12.8 Å². The molecule has 1 saturated carbocycles. The summed E-state index contributed by atoms with van der Waals surface area (Å²) < 4.78 is 7.04. The summed E-state index contributed by atoms with van der Waals surface area (Å²) in [6, 6.07) is 7.99. The van der Waals surface area contributed by atoms with E-state index in [1.165, 1.54) is 12.8 Å². The Labute approximate surface area is 106 Å². The number of ether oxygens (including phenoxy) is 1. The molecule has 4 nitrogen and oxygen atoms in total. The Hall–Kier alpha value is -1.97. The summed E-state index contributed by atoms with van der Waals surface area (Å²) in [7, 11) is 3.57. The number of hydrogen-bond acceptors (Lipinski definition) is 3. The average molecular weight is 243 g/mol. The molecular formula is C14H17N3O. The lowest BCUT2D eigenvalue weighted by atomic mass is 10.0. The van der Waals surface area contributed by atoms with E-state index in [4.69, 9.17) is 10.5 Å². The molecule has 0 unspecified atom stereocenters. The molecule has 0 atom stereocenters. The van der Waals surface area contributed by atoms with E-state index in [0.29, 0.717) is 5.92 Å². The highest BCUT2D eigenvalue weighted by Gasteiger charge is 2.31. The van der Waals surface area contributed by atoms with E-state index in [2.05, 4.69) is 11.2 Å². The van der Waals surface area contributed by atoms with E-state index in [9.17, 15) is 0 Å². The van der Waals surface area contributed by atoms with Crippen molar-refractivity contribution in [2.24, 2.45) is 7.05 Å². The van der Waals surface area contributed by atoms with Crippen LogP contribution in [0.25, 0.3) is 11.1 Å². The van der Waals surface area contributed by atoms with Crippen LogP contribution < -0.4 is 10.5 Å². The van der Waals surface area contributed by atoms with Gasteiger partial charge in [-0.3, -0.25) is 4.68 Å². The van der Waals surface area contributed by atoms with Gasteiger partial charge in [-0.05, 0) is 30.5 Å². The van der Waals surface area contributed by atoms with Gasteiger partial charge in [-0.2, -0.15) is 5.10 Å². The zero-order valence-corrected chi connectivity index (χ0v) is 10.7. The number of nitrogen functional groups attached to an aromatic ring is 1. The van der Waals surface area contributed by atoms with Crippen molar-refractivity contribution in [1.82, 2.24) is 9.78 Å². The average Bonchev–Trinajstić information content (AvgIpc) is 3.18. The molecule has 1 aliphatic rings. The van der Waals surface area contributed by atoms with Crippen molar-refractivity contribution in [2.45, 2.75) is 18.8 Å². The summed E-state index contributed by atoms with van der Waals surface area (Å²) in [5.41, 5.74) is 9.43. The van der Waals surface area contributed by atoms with Crippen molar-refractivity contribution >= 4 is 5.82 Å². The van der Waals surface area contributed by atoms with Gasteiger partial charge in [0.15, 0.2) is 0 Å². The fraction of sp³-hybridized carbons (Fsp3) is 0.357. The number of hydrogen-bond donors (Lipinski definition) is 1. The van der Waals surface area contributed by atoms with Crippen molar-refractivity contribution in [3.8, 4) is 16.9 Å². The molecule has 0 saturated heterocycles. The highest BCUT2D eigenvalue weighted by Crippen LogP contribution is 2.45. The molecule has 0 aliphatic heterocycles. The molecule has 1 aromatic carbocycles. The minimum Gasteiger partial charge on any atom is -0.497 e. The summed E-state index contributed by atoms with van der Waals surface area (Å²) in [5.74, 6) is 2.15. The minimum atomic E-state index is 0.578. The van der Waals surface area contributed by atoms with Crippen molar-refractivity contribution < 1.29 is 4.74 Å². The Balaban J connectivity index is 2.14. The van der Waals surface area contributed by atoms with Gasteiger partial charge >= 0.3 is 0 Å². The highest BCUT2D eigenvalue weighted by atomic mass is 16.5. The predicted octanol–water partition coefficient (Wildman–Crippen LogP) is 2.56. The number of rotatable bonds is 3. The first-order chi connectivity index (χ1) is 8.70. The third-order valence-corrected chi connectivity index (χ3v) is 3.44. The van der Waals surface area contributed by atoms with Crippen LogP contribution >= 0.6 is 0 Å². The van der Waals surface area contributed by atoms with Gasteiger partial charge in [0.2, 0.25) is 0 Å². The van der Waals surface area contributed by atoms with Gasteiger partial charge in [0.25, 0.3) is 0 Å². The molecule has 3 rings (SSSR count). The summed E-state index contributed by atoms with van der Waals surface area (Å²) in [6.07, 6.45) is 2.43. The van der Waals surface area contributed by atoms with Crippen LogP contribution in [-0.2, 0) is 7.05 Å². The number of benzene rings is 1. The summed E-state index contributed by atoms with van der Waals surface area (Å²) in [6.45, 7) is 0. The second kappa shape index (κ2) is 4.05. The van der Waals surface area contributed by atoms with Crippen molar-refractivity contribution in [3.63, 3.8) is 0 Å². The monoisotopic (exact) mass is 243 g/mol. The van der Waals surface area contributed by atoms with Gasteiger partial charge in [0, 0.05) is 18.5 Å². The molecule has 0 spiro atoms. The number of nitrogens with zero attached hydrogens (tertiary/aromatic N) is 2. The van der Waals surface area contributed by atoms with Crippen LogP contribution in [0.15, 0.2) is 24.3 Å². The van der Waals surface area contributed by atoms with E-state index in [0.717, 1.165) is 28.4 Å². The zero-order chi connectivity index (χ0) is 12.7. The molecule has 0 amide bonds. The van der Waals surface area contributed by atoms with Gasteiger partial charge < -0.3 is 10.5 Å². The molecular weight excluding hydrogens is 226 g/mol. The normalized spacial score (nSPS) is 14.8. The number of aryl methyl sites for hydroxylation is 1. The maximum atomic E-state index is 6.15. The number of nitrogens with two attached hydrogens (primary N) is 1. The molecule has 94 valence electrons. The molecule has 1 aliphatic carbocycles. The van der Waals surface area contributed by atoms with Crippen molar-refractivity contribution in [3.05, 3.63) is 30.0 Å². The van der Waals surface area contributed by atoms with E-state index < -0.39 is 0 Å². The fourth-order valence-electron chi connectivity index (χ4n) is 2.28. The first-order valence-electron chi connectivity index (χ1n) is 6.17. The molecule has 2 aromatic rings. The largest absolute Gasteiger partial charge is 0.497 e. The Kier molecular flexibility index (Phi) is 2.51. The first kappa shape index (κ1) is 11.1. The Bertz CT molecular complexity index is 585. The molecule has 1 heterocycles. The van der Waals surface area contributed by atoms with Gasteiger partial charge in [-0.15, -0.1) is 0 Å². The van der Waals surface area contributed by atoms with Crippen LogP contribution in [0, 0.1) is 0 Å². The molecule has 2 N–H and O–H groups in total. The van der Waals surface area contributed by atoms with Crippen LogP contribution in [0.5, 0.6) is 5.75 Å². The van der Waals surface area contributed by atoms with Crippen LogP contribution in [0.2, 0.25) is 0 Å². The predicted molar refractivity (Wildman–Crippen MR) is 71.6 cm³/mol. The summed E-state index contributed by atoms with van der Waals surface area (Å²) >= 11 is 0. The van der Waals surface area contributed by atoms with Gasteiger partial charge in [0.1, 0.15) is 11.6 Å². The van der Waals surface area contributed by atoms with E-state index in [1.807, 2.05) is 25.2 Å². The standard InChI is InChI=1S/C14H17N3O/c1-17-14(15)12(13(16-17)9-6-7-9)10-4-3-5-11(8-10)18-2/h3-5,8-9H,6-7,15H2,1-2H3. The van der Waals surface area contributed by atoms with Crippen molar-refractivity contribution in [2.75, 3.05) is 12.8 Å². The molecule has 1 aromatic heterocycles. The molecule has 4 heteroatoms. The minimum absolute atomic E-state index is 0.578. The molecule has 0 bridgehead atoms. The zero-order valence-electron chi connectivity index (χ0n) is 10.7. The highest BCUT2D eigenvalue weighted by molar-refractivity contribution is 5.78. The Morgan fingerprint density at radius 2 is 2.17 bits per heavy atom. The van der Waals surface area contributed by atoms with Crippen LogP contribution in [0.1, 0.15) is 24.5 Å². The van der Waals surface area contributed by atoms with Crippen LogP contribution in [-0.4, -0.2) is 16.9 Å². The SMILES string of the molecule is COc1cccc(-c2c(C3CC3)nn(C)c2N)c1. The van der Waals surface area contributed by atoms with E-state index in [1.54, 1.807) is 11.8 Å². The third-order valence-electron chi connectivity index (χ3n) is 3.44. The second-order valence-corrected chi connectivity index (χ2v) is 4.78. The Morgan fingerprint density at radius 3 is 2.83 bits per heavy atom. The smallest absolute Gasteiger partial charge is 0.129 e. The third kappa shape index (κ3) is 1.74. The maximum Gasteiger partial charge on any atom is 0.129 e. The van der Waals surface area contributed by atoms with Crippen LogP contribution in [0.4, 0.5) is 5.82 Å². The number of aromatic nitrogens is 2. The summed E-state index contributed by atoms with van der Waals surface area (Å²) in [5, 5.41) is 4.55. The number of methoxy groups -OCH3 is 1. The van der Waals surface area contributed by atoms with Gasteiger partial charge in [-0.25, -0.2) is 0 Å². The van der Waals surface area contributed by atoms with Crippen LogP contribution in [0.3, 0.4) is 0 Å². The Morgan fingerprint density at radius 1 is 1.39 bits per heavy atom. The molecule has 1 fully saturated rings. The lowest BCUT2D eigenvalue weighted by Gasteiger charge is -2.06. The van der Waals surface area contributed by atoms with Gasteiger partial charge in [-0.1, -0.05) is 12.1 Å². The molecule has 18 heavy (non-hydrogen) atoms. The van der Waals surface area contributed by atoms with Crippen molar-refractivity contribution in [1.29, 1.82) is 0 Å². The second-order valence-electron chi connectivity index (χ2n) is 4.78. The lowest BCUT2D eigenvalue weighted by molar-refractivity contribution is 0.415. The maximum absolute atomic E-state index is 6.15. The van der Waals surface area contributed by atoms with E-state index >= 15 is 0 Å². The molecule has 0 radical (unpaired) electrons. The first-order valence-corrected chi connectivity index (χ1v) is 6.17. The van der Waals surface area contributed by atoms with E-state index in [-0.39, 0.29) is 0 Å². The number of anilines is 1. The quantitative estimate of drug-likeness (QED) is 0.901. The topological polar surface area (TPSA) is 53.1 Å².